The monoisotopic (exact) mass is 843 g/mol. The van der Waals surface area contributed by atoms with Gasteiger partial charge >= 0.3 is 0 Å². The highest BCUT2D eigenvalue weighted by molar-refractivity contribution is 6.10. The molecule has 0 saturated carbocycles. The molecular weight excluding hydrogens is 787 g/mol. The van der Waals surface area contributed by atoms with E-state index in [2.05, 4.69) is 37.8 Å². The summed E-state index contributed by atoms with van der Waals surface area (Å²) < 4.78 is 15.4. The van der Waals surface area contributed by atoms with Crippen molar-refractivity contribution >= 4 is 57.3 Å². The molecule has 5 aromatic rings. The molecule has 1 saturated heterocycles. The molecule has 0 bridgehead atoms. The summed E-state index contributed by atoms with van der Waals surface area (Å²) in [6, 6.07) is 16.7. The first kappa shape index (κ1) is 45.1. The van der Waals surface area contributed by atoms with Crippen molar-refractivity contribution in [1.29, 1.82) is 0 Å². The van der Waals surface area contributed by atoms with Gasteiger partial charge in [-0.1, -0.05) is 24.8 Å². The number of aromatic nitrogens is 3. The maximum Gasteiger partial charge on any atom is 0.251 e. The third kappa shape index (κ3) is 11.1. The molecule has 62 heavy (non-hydrogen) atoms. The number of amides is 4. The highest BCUT2D eigenvalue weighted by Gasteiger charge is 2.31. The van der Waals surface area contributed by atoms with Crippen LogP contribution in [0.1, 0.15) is 71.9 Å². The van der Waals surface area contributed by atoms with Gasteiger partial charge in [-0.05, 0) is 94.6 Å². The average Bonchev–Trinajstić information content (AvgIpc) is 4.08. The van der Waals surface area contributed by atoms with Gasteiger partial charge in [-0.3, -0.25) is 29.2 Å². The molecule has 4 heterocycles. The quantitative estimate of drug-likeness (QED) is 0.0529. The number of carbonyl (C=O) groups excluding carboxylic acids is 4. The normalized spacial score (nSPS) is 14.7. The largest absolute Gasteiger partial charge is 0.379 e. The van der Waals surface area contributed by atoms with E-state index in [4.69, 9.17) is 9.47 Å². The number of nitrogens with one attached hydrogen (secondary N) is 4. The van der Waals surface area contributed by atoms with Crippen molar-refractivity contribution in [3.8, 4) is 5.69 Å². The summed E-state index contributed by atoms with van der Waals surface area (Å²) in [5.41, 5.74) is 5.58. The Hall–Kier alpha value is -6.42. The molecule has 0 spiro atoms. The van der Waals surface area contributed by atoms with Crippen LogP contribution < -0.4 is 21.3 Å². The van der Waals surface area contributed by atoms with Crippen molar-refractivity contribution in [3.05, 3.63) is 115 Å². The second-order valence-electron chi connectivity index (χ2n) is 14.9. The molecule has 1 fully saturated rings. The Morgan fingerprint density at radius 2 is 1.55 bits per heavy atom. The minimum atomic E-state index is -0.387. The zero-order chi connectivity index (χ0) is 43.8. The molecule has 1 aliphatic heterocycles. The van der Waals surface area contributed by atoms with Gasteiger partial charge in [-0.2, -0.15) is 0 Å². The second kappa shape index (κ2) is 22.4. The number of rotatable bonds is 22. The lowest BCUT2D eigenvalue weighted by molar-refractivity contribution is -0.134. The Balaban J connectivity index is 0.890. The molecule has 0 radical (unpaired) electrons. The van der Waals surface area contributed by atoms with E-state index in [0.29, 0.717) is 70.0 Å². The van der Waals surface area contributed by atoms with E-state index in [0.717, 1.165) is 51.6 Å². The number of nitrogens with zero attached hydrogens (tertiary/aromatic N) is 5. The lowest BCUT2D eigenvalue weighted by atomic mass is 10.1. The Morgan fingerprint density at radius 1 is 0.887 bits per heavy atom. The number of aliphatic imine (C=N–C) groups is 1. The molecule has 6 rings (SSSR count). The average molecular weight is 844 g/mol. The summed E-state index contributed by atoms with van der Waals surface area (Å²) in [5.74, 6) is -0.652. The lowest BCUT2D eigenvalue weighted by Gasteiger charge is -2.25. The second-order valence-corrected chi connectivity index (χ2v) is 14.9. The number of carbonyl (C=O) groups is 4. The smallest absolute Gasteiger partial charge is 0.251 e. The highest BCUT2D eigenvalue weighted by atomic mass is 16.5. The van der Waals surface area contributed by atoms with Crippen LogP contribution in [-0.2, 0) is 19.1 Å². The summed E-state index contributed by atoms with van der Waals surface area (Å²) in [4.78, 5) is 62.1. The maximum atomic E-state index is 13.3. The molecular formula is C47H57N9O6. The molecule has 1 aliphatic rings. The molecule has 2 atom stereocenters. The number of benzene rings is 2. The first-order valence-electron chi connectivity index (χ1n) is 21.2. The summed E-state index contributed by atoms with van der Waals surface area (Å²) in [5, 5.41) is 13.3. The van der Waals surface area contributed by atoms with E-state index in [1.165, 1.54) is 6.20 Å². The molecule has 15 nitrogen and oxygen atoms in total. The van der Waals surface area contributed by atoms with Crippen LogP contribution in [0, 0.1) is 0 Å². The SMILES string of the molecule is C=C/N=C\C(=C/C)n1ccc2c(C(=O)NCCCOCCOCCCNC(=O)c3cccc4c3ccn4-c3cncc([C@@H]4CCCN4C(=O)CNC(=O)[C@H](C)NC)c3)cccc21. The van der Waals surface area contributed by atoms with Gasteiger partial charge in [0.15, 0.2) is 0 Å². The summed E-state index contributed by atoms with van der Waals surface area (Å²) in [7, 11) is 1.70. The number of ether oxygens (including phenoxy) is 2. The van der Waals surface area contributed by atoms with Crippen LogP contribution in [0.5, 0.6) is 0 Å². The predicted molar refractivity (Wildman–Crippen MR) is 242 cm³/mol. The molecule has 2 aromatic carbocycles. The van der Waals surface area contributed by atoms with Gasteiger partial charge in [0.05, 0.1) is 66.7 Å². The zero-order valence-corrected chi connectivity index (χ0v) is 35.8. The molecule has 4 N–H and O–H groups in total. The molecule has 0 aliphatic carbocycles. The first-order chi connectivity index (χ1) is 30.2. The highest BCUT2D eigenvalue weighted by Crippen LogP contribution is 2.33. The Kier molecular flexibility index (Phi) is 16.3. The van der Waals surface area contributed by atoms with E-state index in [1.54, 1.807) is 32.6 Å². The maximum absolute atomic E-state index is 13.3. The number of allylic oxidation sites excluding steroid dienone is 2. The van der Waals surface area contributed by atoms with Crippen molar-refractivity contribution < 1.29 is 28.7 Å². The number of fused-ring (bicyclic) bond motifs is 2. The summed E-state index contributed by atoms with van der Waals surface area (Å²) >= 11 is 0. The van der Waals surface area contributed by atoms with Gasteiger partial charge in [-0.25, -0.2) is 0 Å². The van der Waals surface area contributed by atoms with Gasteiger partial charge in [0.2, 0.25) is 11.8 Å². The number of hydrogen-bond acceptors (Lipinski definition) is 9. The Bertz CT molecular complexity index is 2420. The number of likely N-dealkylation sites (N-methyl/N-ethyl adjacent to an activating group) is 1. The van der Waals surface area contributed by atoms with Gasteiger partial charge < -0.3 is 44.8 Å². The minimum absolute atomic E-state index is 0.0577. The van der Waals surface area contributed by atoms with Crippen molar-refractivity contribution in [2.75, 3.05) is 59.7 Å². The fourth-order valence-electron chi connectivity index (χ4n) is 7.57. The fourth-order valence-corrected chi connectivity index (χ4v) is 7.57. The van der Waals surface area contributed by atoms with Gasteiger partial charge in [0, 0.05) is 79.5 Å². The number of hydrogen-bond donors (Lipinski definition) is 4. The van der Waals surface area contributed by atoms with Crippen molar-refractivity contribution in [2.45, 2.75) is 51.6 Å². The molecule has 326 valence electrons. The molecule has 0 unspecified atom stereocenters. The summed E-state index contributed by atoms with van der Waals surface area (Å²) in [6.07, 6.45) is 15.5. The molecule has 4 amide bonds. The fraction of sp³-hybridized carbons (Fsp3) is 0.362. The Morgan fingerprint density at radius 3 is 2.21 bits per heavy atom. The van der Waals surface area contributed by atoms with Crippen molar-refractivity contribution in [3.63, 3.8) is 0 Å². The molecule has 3 aromatic heterocycles. The topological polar surface area (TPSA) is 173 Å². The first-order valence-corrected chi connectivity index (χ1v) is 21.2. The van der Waals surface area contributed by atoms with E-state index >= 15 is 0 Å². The minimum Gasteiger partial charge on any atom is -0.379 e. The van der Waals surface area contributed by atoms with E-state index in [1.807, 2.05) is 94.0 Å². The van der Waals surface area contributed by atoms with Gasteiger partial charge in [0.1, 0.15) is 0 Å². The van der Waals surface area contributed by atoms with E-state index in [-0.39, 0.29) is 42.3 Å². The summed E-state index contributed by atoms with van der Waals surface area (Å²) in [6.45, 7) is 10.6. The van der Waals surface area contributed by atoms with Crippen LogP contribution in [-0.4, -0.2) is 115 Å². The van der Waals surface area contributed by atoms with Crippen molar-refractivity contribution in [2.24, 2.45) is 4.99 Å². The van der Waals surface area contributed by atoms with Crippen LogP contribution in [0.25, 0.3) is 33.2 Å². The van der Waals surface area contributed by atoms with Crippen LogP contribution in [0.3, 0.4) is 0 Å². The Labute approximate surface area is 362 Å². The van der Waals surface area contributed by atoms with Crippen molar-refractivity contribution in [1.82, 2.24) is 40.3 Å². The lowest BCUT2D eigenvalue weighted by Crippen LogP contribution is -2.45. The molecule has 15 heteroatoms. The number of pyridine rings is 1. The van der Waals surface area contributed by atoms with Crippen LogP contribution >= 0.6 is 0 Å². The van der Waals surface area contributed by atoms with Gasteiger partial charge in [-0.15, -0.1) is 0 Å². The van der Waals surface area contributed by atoms with Crippen LogP contribution in [0.4, 0.5) is 0 Å². The van der Waals surface area contributed by atoms with E-state index in [9.17, 15) is 19.2 Å². The third-order valence-electron chi connectivity index (χ3n) is 10.9. The van der Waals surface area contributed by atoms with Gasteiger partial charge in [0.25, 0.3) is 11.8 Å². The number of likely N-dealkylation sites (tertiary alicyclic amines) is 1. The van der Waals surface area contributed by atoms with Crippen LogP contribution in [0.2, 0.25) is 0 Å². The zero-order valence-electron chi connectivity index (χ0n) is 35.8. The standard InChI is InChI=1S/C47H57N9O6/c1-5-35(30-49-6-2)54-22-17-37-39(12-7-14-42(37)54)46(59)51-19-10-24-61-26-27-62-25-11-20-52-47(60)40-13-8-15-43-38(40)18-23-55(43)36-28-34(29-50-31-36)41-16-9-21-56(41)44(57)32-53-45(58)33(3)48-4/h5-8,12-15,17-18,22-23,28-31,33,41,48H,2,9-11,16,19-21,24-27,32H2,1,3-4H3,(H,51,59)(H,52,60)(H,53,58)/b35-5+,49-30-/t33-,41-/m0/s1. The van der Waals surface area contributed by atoms with E-state index < -0.39 is 0 Å². The third-order valence-corrected chi connectivity index (χ3v) is 10.9. The van der Waals surface area contributed by atoms with Crippen LogP contribution in [0.15, 0.2) is 103 Å². The predicted octanol–water partition coefficient (Wildman–Crippen LogP) is 5.42.